The van der Waals surface area contributed by atoms with Gasteiger partial charge in [0.05, 0.1) is 7.11 Å². The fourth-order valence-electron chi connectivity index (χ4n) is 1.77. The largest absolute Gasteiger partial charge is 0.494 e. The van der Waals surface area contributed by atoms with Crippen LogP contribution in [0.15, 0.2) is 18.2 Å². The lowest BCUT2D eigenvalue weighted by molar-refractivity contribution is 0.385. The van der Waals surface area contributed by atoms with E-state index in [1.165, 1.54) is 7.11 Å². The lowest BCUT2D eigenvalue weighted by atomic mass is 10.0. The maximum Gasteiger partial charge on any atom is 0.165 e. The molecule has 96 valence electrons. The molecule has 1 aromatic carbocycles. The Kier molecular flexibility index (Phi) is 6.37. The maximum atomic E-state index is 13.6. The number of rotatable bonds is 7. The van der Waals surface area contributed by atoms with E-state index in [4.69, 9.17) is 4.74 Å². The molecule has 1 aromatic rings. The summed E-state index contributed by atoms with van der Waals surface area (Å²) in [5, 5.41) is 3.38. The summed E-state index contributed by atoms with van der Waals surface area (Å²) in [6, 6.07) is 5.39. The zero-order valence-corrected chi connectivity index (χ0v) is 11.4. The van der Waals surface area contributed by atoms with Crippen LogP contribution in [0.4, 0.5) is 4.39 Å². The summed E-state index contributed by atoms with van der Waals surface area (Å²) in [6.45, 7) is 2.94. The van der Waals surface area contributed by atoms with Gasteiger partial charge in [0.25, 0.3) is 0 Å². The predicted octanol–water partition coefficient (Wildman–Crippen LogP) is 3.24. The van der Waals surface area contributed by atoms with Crippen molar-refractivity contribution in [2.75, 3.05) is 25.7 Å². The molecule has 0 aliphatic carbocycles. The Balaban J connectivity index is 2.82. The third kappa shape index (κ3) is 4.21. The van der Waals surface area contributed by atoms with Gasteiger partial charge in [0, 0.05) is 6.04 Å². The molecule has 1 N–H and O–H groups in total. The molecular formula is C13H20FNOS. The molecule has 0 aliphatic rings. The third-order valence-electron chi connectivity index (χ3n) is 2.64. The summed E-state index contributed by atoms with van der Waals surface area (Å²) in [4.78, 5) is 0. The minimum absolute atomic E-state index is 0.216. The van der Waals surface area contributed by atoms with E-state index in [1.807, 2.05) is 6.07 Å². The fourth-order valence-corrected chi connectivity index (χ4v) is 2.24. The van der Waals surface area contributed by atoms with Gasteiger partial charge in [-0.2, -0.15) is 11.8 Å². The minimum Gasteiger partial charge on any atom is -0.494 e. The van der Waals surface area contributed by atoms with Gasteiger partial charge in [-0.25, -0.2) is 4.39 Å². The van der Waals surface area contributed by atoms with E-state index in [1.54, 1.807) is 23.9 Å². The van der Waals surface area contributed by atoms with Gasteiger partial charge in [0.2, 0.25) is 0 Å². The number of halogens is 1. The first-order valence-electron chi connectivity index (χ1n) is 5.78. The van der Waals surface area contributed by atoms with Crippen molar-refractivity contribution >= 4 is 11.8 Å². The Hall–Kier alpha value is -0.740. The Labute approximate surface area is 107 Å². The third-order valence-corrected chi connectivity index (χ3v) is 3.28. The van der Waals surface area contributed by atoms with Crippen LogP contribution in [0.2, 0.25) is 0 Å². The van der Waals surface area contributed by atoms with Crippen molar-refractivity contribution in [2.45, 2.75) is 19.4 Å². The highest BCUT2D eigenvalue weighted by atomic mass is 32.2. The lowest BCUT2D eigenvalue weighted by Crippen LogP contribution is -2.21. The van der Waals surface area contributed by atoms with E-state index in [0.717, 1.165) is 24.3 Å². The monoisotopic (exact) mass is 257 g/mol. The maximum absolute atomic E-state index is 13.6. The Morgan fingerprint density at radius 2 is 2.24 bits per heavy atom. The molecule has 17 heavy (non-hydrogen) atoms. The number of ether oxygens (including phenoxy) is 1. The van der Waals surface area contributed by atoms with Crippen LogP contribution in [0.1, 0.15) is 24.9 Å². The lowest BCUT2D eigenvalue weighted by Gasteiger charge is -2.18. The van der Waals surface area contributed by atoms with Gasteiger partial charge in [-0.3, -0.25) is 0 Å². The van der Waals surface area contributed by atoms with Crippen LogP contribution in [0.3, 0.4) is 0 Å². The molecule has 1 atom stereocenters. The highest BCUT2D eigenvalue weighted by Gasteiger charge is 2.12. The molecule has 0 amide bonds. The second-order valence-electron chi connectivity index (χ2n) is 3.79. The van der Waals surface area contributed by atoms with Crippen LogP contribution in [0, 0.1) is 5.82 Å². The van der Waals surface area contributed by atoms with Gasteiger partial charge in [0.15, 0.2) is 11.6 Å². The summed E-state index contributed by atoms with van der Waals surface area (Å²) < 4.78 is 18.5. The highest BCUT2D eigenvalue weighted by Crippen LogP contribution is 2.24. The average molecular weight is 257 g/mol. The summed E-state index contributed by atoms with van der Waals surface area (Å²) in [6.07, 6.45) is 3.08. The second-order valence-corrected chi connectivity index (χ2v) is 4.77. The SMILES string of the molecule is CCNC(CCSC)c1ccc(OC)c(F)c1. The van der Waals surface area contributed by atoms with E-state index in [9.17, 15) is 4.39 Å². The highest BCUT2D eigenvalue weighted by molar-refractivity contribution is 7.98. The first kappa shape index (κ1) is 14.3. The first-order valence-corrected chi connectivity index (χ1v) is 7.18. The summed E-state index contributed by atoms with van der Waals surface area (Å²) in [7, 11) is 1.48. The molecule has 0 heterocycles. The first-order chi connectivity index (χ1) is 8.22. The van der Waals surface area contributed by atoms with Gasteiger partial charge in [-0.05, 0) is 42.7 Å². The molecule has 0 fully saturated rings. The molecule has 1 rings (SSSR count). The van der Waals surface area contributed by atoms with Gasteiger partial charge in [0.1, 0.15) is 0 Å². The van der Waals surface area contributed by atoms with Crippen molar-refractivity contribution < 1.29 is 9.13 Å². The summed E-state index contributed by atoms with van der Waals surface area (Å²) >= 11 is 1.80. The molecule has 0 spiro atoms. The van der Waals surface area contributed by atoms with Crippen LogP contribution in [-0.2, 0) is 0 Å². The van der Waals surface area contributed by atoms with Crippen molar-refractivity contribution in [3.05, 3.63) is 29.6 Å². The fraction of sp³-hybridized carbons (Fsp3) is 0.538. The van der Waals surface area contributed by atoms with E-state index in [2.05, 4.69) is 18.5 Å². The Morgan fingerprint density at radius 3 is 2.76 bits per heavy atom. The van der Waals surface area contributed by atoms with E-state index in [0.29, 0.717) is 5.75 Å². The van der Waals surface area contributed by atoms with Gasteiger partial charge in [-0.15, -0.1) is 0 Å². The zero-order valence-electron chi connectivity index (χ0n) is 10.6. The standard InChI is InChI=1S/C13H20FNOS/c1-4-15-12(7-8-17-3)10-5-6-13(16-2)11(14)9-10/h5-6,9,12,15H,4,7-8H2,1-3H3. The molecule has 0 bridgehead atoms. The number of methoxy groups -OCH3 is 1. The summed E-state index contributed by atoms with van der Waals surface area (Å²) in [5.41, 5.74) is 0.985. The molecule has 0 aliphatic heterocycles. The molecule has 0 radical (unpaired) electrons. The quantitative estimate of drug-likeness (QED) is 0.810. The Morgan fingerprint density at radius 1 is 1.47 bits per heavy atom. The van der Waals surface area contributed by atoms with E-state index in [-0.39, 0.29) is 11.9 Å². The Bertz CT molecular complexity index is 346. The van der Waals surface area contributed by atoms with Crippen molar-refractivity contribution in [1.29, 1.82) is 0 Å². The molecule has 0 saturated heterocycles. The topological polar surface area (TPSA) is 21.3 Å². The molecule has 2 nitrogen and oxygen atoms in total. The van der Waals surface area contributed by atoms with Crippen LogP contribution < -0.4 is 10.1 Å². The van der Waals surface area contributed by atoms with Crippen molar-refractivity contribution in [3.8, 4) is 5.75 Å². The number of nitrogens with one attached hydrogen (secondary N) is 1. The molecule has 0 aromatic heterocycles. The molecule has 1 unspecified atom stereocenters. The van der Waals surface area contributed by atoms with Crippen LogP contribution in [0.5, 0.6) is 5.75 Å². The van der Waals surface area contributed by atoms with Crippen LogP contribution in [0.25, 0.3) is 0 Å². The van der Waals surface area contributed by atoms with E-state index >= 15 is 0 Å². The molecule has 0 saturated carbocycles. The second kappa shape index (κ2) is 7.56. The zero-order chi connectivity index (χ0) is 12.7. The van der Waals surface area contributed by atoms with Gasteiger partial charge >= 0.3 is 0 Å². The van der Waals surface area contributed by atoms with Crippen molar-refractivity contribution in [1.82, 2.24) is 5.32 Å². The number of hydrogen-bond donors (Lipinski definition) is 1. The van der Waals surface area contributed by atoms with E-state index < -0.39 is 0 Å². The minimum atomic E-state index is -0.294. The number of hydrogen-bond acceptors (Lipinski definition) is 3. The molecular weight excluding hydrogens is 237 g/mol. The van der Waals surface area contributed by atoms with Crippen molar-refractivity contribution in [3.63, 3.8) is 0 Å². The number of benzene rings is 1. The van der Waals surface area contributed by atoms with Gasteiger partial charge in [-0.1, -0.05) is 13.0 Å². The smallest absolute Gasteiger partial charge is 0.165 e. The van der Waals surface area contributed by atoms with Crippen LogP contribution >= 0.6 is 11.8 Å². The van der Waals surface area contributed by atoms with Crippen LogP contribution in [-0.4, -0.2) is 25.7 Å². The number of thioether (sulfide) groups is 1. The summed E-state index contributed by atoms with van der Waals surface area (Å²) in [5.74, 6) is 1.07. The average Bonchev–Trinajstić information content (AvgIpc) is 2.34. The normalized spacial score (nSPS) is 12.5. The molecule has 4 heteroatoms. The predicted molar refractivity (Wildman–Crippen MR) is 72.4 cm³/mol. The van der Waals surface area contributed by atoms with Crippen molar-refractivity contribution in [2.24, 2.45) is 0 Å². The van der Waals surface area contributed by atoms with Gasteiger partial charge < -0.3 is 10.1 Å².